The third-order valence-corrected chi connectivity index (χ3v) is 1.15. The summed E-state index contributed by atoms with van der Waals surface area (Å²) in [7, 11) is 0. The highest BCUT2D eigenvalue weighted by molar-refractivity contribution is 4.66. The Morgan fingerprint density at radius 1 is 1.43 bits per heavy atom. The van der Waals surface area contributed by atoms with Gasteiger partial charge in [0.15, 0.2) is 0 Å². The van der Waals surface area contributed by atoms with E-state index < -0.39 is 0 Å². The van der Waals surface area contributed by atoms with Crippen LogP contribution in [0.5, 0.6) is 0 Å². The predicted octanol–water partition coefficient (Wildman–Crippen LogP) is 1.52. The molecule has 1 radical (unpaired) electrons. The van der Waals surface area contributed by atoms with Crippen LogP contribution in [-0.2, 0) is 0 Å². The first-order valence-electron chi connectivity index (χ1n) is 2.65. The summed E-state index contributed by atoms with van der Waals surface area (Å²) in [5, 5.41) is 0.767. The average molecular weight is 102 g/mol. The lowest BCUT2D eigenvalue weighted by Gasteiger charge is -2.15. The lowest BCUT2D eigenvalue weighted by Crippen LogP contribution is -2.15. The van der Waals surface area contributed by atoms with Crippen LogP contribution in [0.1, 0.15) is 19.3 Å². The SMILES string of the molecule is FN1[CH]CCCC1. The number of rotatable bonds is 0. The Morgan fingerprint density at radius 3 is 2.57 bits per heavy atom. The molecule has 1 saturated heterocycles. The van der Waals surface area contributed by atoms with Crippen LogP contribution < -0.4 is 0 Å². The van der Waals surface area contributed by atoms with Crippen molar-refractivity contribution in [2.24, 2.45) is 0 Å². The number of piperidine rings is 1. The van der Waals surface area contributed by atoms with Crippen molar-refractivity contribution in [3.63, 3.8) is 0 Å². The standard InChI is InChI=1S/C5H9FN/c6-7-4-2-1-3-5-7/h4H,1-3,5H2. The van der Waals surface area contributed by atoms with Crippen LogP contribution >= 0.6 is 0 Å². The van der Waals surface area contributed by atoms with Crippen LogP contribution in [0, 0.1) is 6.54 Å². The maximum absolute atomic E-state index is 12.0. The van der Waals surface area contributed by atoms with E-state index in [1.807, 2.05) is 0 Å². The first kappa shape index (κ1) is 5.04. The highest BCUT2D eigenvalue weighted by atomic mass is 19.2. The van der Waals surface area contributed by atoms with Crippen molar-refractivity contribution < 1.29 is 4.48 Å². The minimum Gasteiger partial charge on any atom is -0.142 e. The van der Waals surface area contributed by atoms with Crippen LogP contribution in [0.3, 0.4) is 0 Å². The van der Waals surface area contributed by atoms with Crippen LogP contribution in [0.4, 0.5) is 4.48 Å². The van der Waals surface area contributed by atoms with Crippen molar-refractivity contribution in [3.05, 3.63) is 6.54 Å². The molecular formula is C5H9FN. The lowest BCUT2D eigenvalue weighted by atomic mass is 10.2. The third kappa shape index (κ3) is 1.43. The summed E-state index contributed by atoms with van der Waals surface area (Å²) in [4.78, 5) is 0. The largest absolute Gasteiger partial charge is 0.142 e. The smallest absolute Gasteiger partial charge is 0.0583 e. The quantitative estimate of drug-likeness (QED) is 0.419. The molecule has 0 aliphatic carbocycles. The summed E-state index contributed by atoms with van der Waals surface area (Å²) in [6, 6.07) is 0. The summed E-state index contributed by atoms with van der Waals surface area (Å²) in [6.45, 7) is 2.20. The molecule has 1 rings (SSSR count). The van der Waals surface area contributed by atoms with Crippen molar-refractivity contribution in [2.75, 3.05) is 6.54 Å². The maximum atomic E-state index is 12.0. The Balaban J connectivity index is 2.12. The van der Waals surface area contributed by atoms with E-state index in [0.717, 1.165) is 24.4 Å². The van der Waals surface area contributed by atoms with Crippen LogP contribution in [0.15, 0.2) is 0 Å². The zero-order valence-electron chi connectivity index (χ0n) is 4.23. The molecule has 7 heavy (non-hydrogen) atoms. The molecule has 0 saturated carbocycles. The molecule has 0 aromatic carbocycles. The fourth-order valence-electron chi connectivity index (χ4n) is 0.730. The van der Waals surface area contributed by atoms with Gasteiger partial charge in [-0.2, -0.15) is 0 Å². The van der Waals surface area contributed by atoms with Crippen molar-refractivity contribution in [3.8, 4) is 0 Å². The monoisotopic (exact) mass is 102 g/mol. The van der Waals surface area contributed by atoms with Gasteiger partial charge in [-0.1, -0.05) is 6.42 Å². The van der Waals surface area contributed by atoms with Crippen LogP contribution in [-0.4, -0.2) is 11.7 Å². The van der Waals surface area contributed by atoms with Gasteiger partial charge in [-0.3, -0.25) is 0 Å². The first-order chi connectivity index (χ1) is 3.39. The molecule has 0 atom stereocenters. The van der Waals surface area contributed by atoms with E-state index in [0.29, 0.717) is 6.54 Å². The number of hydrogen-bond acceptors (Lipinski definition) is 1. The second-order valence-corrected chi connectivity index (χ2v) is 1.80. The fourth-order valence-corrected chi connectivity index (χ4v) is 0.730. The molecule has 1 nitrogen and oxygen atoms in total. The van der Waals surface area contributed by atoms with Gasteiger partial charge in [0.2, 0.25) is 0 Å². The summed E-state index contributed by atoms with van der Waals surface area (Å²) in [5.41, 5.74) is 0. The van der Waals surface area contributed by atoms with Gasteiger partial charge in [0.1, 0.15) is 0 Å². The number of halogens is 1. The molecule has 2 heteroatoms. The molecule has 41 valence electrons. The topological polar surface area (TPSA) is 3.24 Å². The van der Waals surface area contributed by atoms with Gasteiger partial charge in [-0.15, -0.1) is 9.60 Å². The van der Waals surface area contributed by atoms with Crippen LogP contribution in [0.25, 0.3) is 0 Å². The molecule has 0 aromatic rings. The molecule has 1 aliphatic rings. The van der Waals surface area contributed by atoms with Crippen molar-refractivity contribution >= 4 is 0 Å². The van der Waals surface area contributed by atoms with E-state index in [2.05, 4.69) is 0 Å². The zero-order valence-corrected chi connectivity index (χ0v) is 4.23. The summed E-state index contributed by atoms with van der Waals surface area (Å²) >= 11 is 0. The van der Waals surface area contributed by atoms with Gasteiger partial charge in [-0.05, 0) is 12.8 Å². The van der Waals surface area contributed by atoms with E-state index in [-0.39, 0.29) is 0 Å². The van der Waals surface area contributed by atoms with Gasteiger partial charge >= 0.3 is 0 Å². The van der Waals surface area contributed by atoms with E-state index >= 15 is 0 Å². The summed E-state index contributed by atoms with van der Waals surface area (Å²) < 4.78 is 12.0. The first-order valence-corrected chi connectivity index (χ1v) is 2.65. The average Bonchev–Trinajstić information content (AvgIpc) is 1.69. The second-order valence-electron chi connectivity index (χ2n) is 1.80. The van der Waals surface area contributed by atoms with E-state index in [9.17, 15) is 4.48 Å². The van der Waals surface area contributed by atoms with Crippen molar-refractivity contribution in [2.45, 2.75) is 19.3 Å². The molecule has 1 heterocycles. The maximum Gasteiger partial charge on any atom is 0.0583 e. The van der Waals surface area contributed by atoms with Gasteiger partial charge in [-0.25, -0.2) is 0 Å². The van der Waals surface area contributed by atoms with E-state index in [1.54, 1.807) is 6.54 Å². The molecule has 1 aliphatic heterocycles. The fraction of sp³-hybridized carbons (Fsp3) is 0.800. The molecule has 1 fully saturated rings. The predicted molar refractivity (Wildman–Crippen MR) is 26.0 cm³/mol. The second kappa shape index (κ2) is 2.26. The summed E-state index contributed by atoms with van der Waals surface area (Å²) in [6.07, 6.45) is 3.07. The minimum atomic E-state index is 0.597. The molecule has 0 aromatic heterocycles. The highest BCUT2D eigenvalue weighted by Crippen LogP contribution is 2.11. The molecule has 0 bridgehead atoms. The number of hydrogen-bond donors (Lipinski definition) is 0. The van der Waals surface area contributed by atoms with E-state index in [1.165, 1.54) is 0 Å². The van der Waals surface area contributed by atoms with Crippen molar-refractivity contribution in [1.82, 2.24) is 5.12 Å². The Labute approximate surface area is 43.1 Å². The Bertz CT molecular complexity index is 50.0. The molecule has 0 N–H and O–H groups in total. The van der Waals surface area contributed by atoms with Crippen LogP contribution in [0.2, 0.25) is 0 Å². The summed E-state index contributed by atoms with van der Waals surface area (Å²) in [5.74, 6) is 0. The Kier molecular flexibility index (Phi) is 1.63. The molecule has 0 unspecified atom stereocenters. The molecule has 0 amide bonds. The van der Waals surface area contributed by atoms with Gasteiger partial charge < -0.3 is 0 Å². The molecular weight excluding hydrogens is 93.1 g/mol. The zero-order chi connectivity index (χ0) is 5.11. The highest BCUT2D eigenvalue weighted by Gasteiger charge is 2.06. The lowest BCUT2D eigenvalue weighted by molar-refractivity contribution is 0.0424. The van der Waals surface area contributed by atoms with Gasteiger partial charge in [0, 0.05) is 6.54 Å². The van der Waals surface area contributed by atoms with Gasteiger partial charge in [0.05, 0.1) is 6.54 Å². The molecule has 0 spiro atoms. The van der Waals surface area contributed by atoms with Crippen molar-refractivity contribution in [1.29, 1.82) is 0 Å². The van der Waals surface area contributed by atoms with E-state index in [4.69, 9.17) is 0 Å². The third-order valence-electron chi connectivity index (χ3n) is 1.15. The Morgan fingerprint density at radius 2 is 2.29 bits per heavy atom. The Hall–Kier alpha value is -0.110. The minimum absolute atomic E-state index is 0.597. The van der Waals surface area contributed by atoms with Gasteiger partial charge in [0.25, 0.3) is 0 Å². The number of nitrogens with zero attached hydrogens (tertiary/aromatic N) is 1. The normalized spacial score (nSPS) is 25.3.